The van der Waals surface area contributed by atoms with Crippen molar-refractivity contribution in [3.8, 4) is 0 Å². The van der Waals surface area contributed by atoms with Gasteiger partial charge in [-0.1, -0.05) is 0 Å². The molecule has 2 unspecified atom stereocenters. The number of carbonyl (C=O) groups excluding carboxylic acids is 2. The van der Waals surface area contributed by atoms with Crippen LogP contribution in [-0.2, 0) is 28.7 Å². The maximum atomic E-state index is 15.4. The molecule has 0 aromatic heterocycles. The summed E-state index contributed by atoms with van der Waals surface area (Å²) in [6, 6.07) is 0. The van der Waals surface area contributed by atoms with E-state index in [1.54, 1.807) is 0 Å². The molecule has 0 saturated carbocycles. The predicted octanol–water partition coefficient (Wildman–Crippen LogP) is 6.58. The highest BCUT2D eigenvalue weighted by Crippen LogP contribution is 2.51. The number of ether oxygens (including phenoxy) is 2. The molecule has 2 atom stereocenters. The van der Waals surface area contributed by atoms with Crippen LogP contribution in [0.15, 0.2) is 0 Å². The number of hydrogen-bond donors (Lipinski definition) is 6. The highest BCUT2D eigenvalue weighted by molar-refractivity contribution is 6.19. The van der Waals surface area contributed by atoms with Gasteiger partial charge in [0.1, 0.15) is 12.2 Å². The number of carboxylic acids is 2. The third-order valence-electron chi connectivity index (χ3n) is 12.7. The van der Waals surface area contributed by atoms with Gasteiger partial charge in [0.2, 0.25) is 0 Å². The minimum Gasteiger partial charge on any atom is -0.480 e. The molecule has 4 aliphatic heterocycles. The molecule has 0 aromatic rings. The number of carboxylic acid groups (broad SMARTS) is 2. The third kappa shape index (κ3) is 11.1. The second-order valence-corrected chi connectivity index (χ2v) is 23.7. The van der Waals surface area contributed by atoms with Crippen molar-refractivity contribution in [3.05, 3.63) is 0 Å². The molecule has 0 aromatic carbocycles. The van der Waals surface area contributed by atoms with Crippen LogP contribution in [0.1, 0.15) is 169 Å². The molecule has 12 heteroatoms. The summed E-state index contributed by atoms with van der Waals surface area (Å²) in [4.78, 5) is 58.5. The Bertz CT molecular complexity index is 1430. The first-order valence-electron chi connectivity index (χ1n) is 21.0. The fourth-order valence-electron chi connectivity index (χ4n) is 12.8. The number of hydrogen-bond acceptors (Lipinski definition) is 10. The lowest BCUT2D eigenvalue weighted by Gasteiger charge is -2.53. The van der Waals surface area contributed by atoms with E-state index in [2.05, 4.69) is 76.7 Å². The highest BCUT2D eigenvalue weighted by Gasteiger charge is 2.68. The molecule has 6 N–H and O–H groups in total. The van der Waals surface area contributed by atoms with Crippen molar-refractivity contribution in [1.82, 2.24) is 21.3 Å². The number of esters is 2. The molecule has 0 radical (unpaired) electrons. The van der Waals surface area contributed by atoms with E-state index in [-0.39, 0.29) is 22.9 Å². The van der Waals surface area contributed by atoms with Gasteiger partial charge >= 0.3 is 23.9 Å². The molecular formula is C44H78N4O8. The van der Waals surface area contributed by atoms with Crippen molar-refractivity contribution in [2.75, 3.05) is 0 Å². The maximum absolute atomic E-state index is 15.4. The molecule has 0 aliphatic carbocycles. The summed E-state index contributed by atoms with van der Waals surface area (Å²) in [7, 11) is 0. The minimum absolute atomic E-state index is 0.0123. The first-order chi connectivity index (χ1) is 25.0. The fourth-order valence-corrected chi connectivity index (χ4v) is 12.8. The maximum Gasteiger partial charge on any atom is 0.336 e. The molecule has 4 fully saturated rings. The summed E-state index contributed by atoms with van der Waals surface area (Å²) in [5.74, 6) is -9.23. The summed E-state index contributed by atoms with van der Waals surface area (Å²) in [6.45, 7) is 32.8. The standard InChI is InChI=1S/C44H78N4O8/c1-36(2)18-26(19-37(3,4)45-36)17-30(27-20-38(5,6)46-39(7,8)21-27)31(32(49)55-28-22-40(9,10)47-41(11,12)23-28)44(33(50)51,34(52)53)35(54)56-29-24-42(13,14)48-43(15,16)25-29/h26-31,45-48H,17-25H2,1-16H3,(H,50,51)(H,52,53). The molecule has 4 aliphatic rings. The number of piperidine rings is 4. The van der Waals surface area contributed by atoms with E-state index in [0.717, 1.165) is 12.8 Å². The monoisotopic (exact) mass is 791 g/mol. The topological polar surface area (TPSA) is 175 Å². The Hall–Kier alpha value is -2.28. The second-order valence-electron chi connectivity index (χ2n) is 23.7. The van der Waals surface area contributed by atoms with E-state index in [4.69, 9.17) is 9.47 Å². The van der Waals surface area contributed by atoms with Crippen molar-refractivity contribution >= 4 is 23.9 Å². The van der Waals surface area contributed by atoms with Gasteiger partial charge in [-0.05, 0) is 161 Å². The zero-order chi connectivity index (χ0) is 42.9. The van der Waals surface area contributed by atoms with Gasteiger partial charge in [-0.2, -0.15) is 0 Å². The molecular weight excluding hydrogens is 713 g/mol. The molecule has 4 heterocycles. The quantitative estimate of drug-likeness (QED) is 0.0981. The molecule has 56 heavy (non-hydrogen) atoms. The summed E-state index contributed by atoms with van der Waals surface area (Å²) >= 11 is 0. The molecule has 0 spiro atoms. The molecule has 0 amide bonds. The Balaban J connectivity index is 1.96. The first-order valence-corrected chi connectivity index (χ1v) is 21.0. The molecule has 12 nitrogen and oxygen atoms in total. The highest BCUT2D eigenvalue weighted by atomic mass is 16.6. The third-order valence-corrected chi connectivity index (χ3v) is 12.7. The van der Waals surface area contributed by atoms with E-state index in [0.29, 0.717) is 44.9 Å². The van der Waals surface area contributed by atoms with E-state index < -0.39 is 86.6 Å². The van der Waals surface area contributed by atoms with Crippen LogP contribution in [0.3, 0.4) is 0 Å². The molecule has 0 bridgehead atoms. The zero-order valence-electron chi connectivity index (χ0n) is 37.7. The number of nitrogens with one attached hydrogen (secondary N) is 4. The smallest absolute Gasteiger partial charge is 0.336 e. The van der Waals surface area contributed by atoms with Gasteiger partial charge in [0, 0.05) is 70.0 Å². The minimum atomic E-state index is -3.27. The first kappa shape index (κ1) is 46.4. The van der Waals surface area contributed by atoms with Crippen LogP contribution >= 0.6 is 0 Å². The summed E-state index contributed by atoms with van der Waals surface area (Å²) < 4.78 is 12.6. The SMILES string of the molecule is CC1(C)CC(CC(C2CC(C)(C)NC(C)(C)C2)C(C(=O)OC2CC(C)(C)NC(C)(C)C2)C(C(=O)O)(C(=O)O)C(=O)OC2CC(C)(C)NC(C)(C)C2)CC(C)(C)N1. The van der Waals surface area contributed by atoms with Crippen LogP contribution in [0.5, 0.6) is 0 Å². The predicted molar refractivity (Wildman–Crippen MR) is 218 cm³/mol. The molecule has 322 valence electrons. The van der Waals surface area contributed by atoms with Gasteiger partial charge < -0.3 is 41.0 Å². The van der Waals surface area contributed by atoms with Crippen LogP contribution < -0.4 is 21.3 Å². The Morgan fingerprint density at radius 3 is 1.16 bits per heavy atom. The van der Waals surface area contributed by atoms with Crippen LogP contribution in [0.4, 0.5) is 0 Å². The van der Waals surface area contributed by atoms with Crippen molar-refractivity contribution in [2.24, 2.45) is 29.1 Å². The lowest BCUT2D eigenvalue weighted by atomic mass is 9.57. The zero-order valence-corrected chi connectivity index (χ0v) is 37.7. The van der Waals surface area contributed by atoms with Gasteiger partial charge in [0.15, 0.2) is 0 Å². The van der Waals surface area contributed by atoms with Gasteiger partial charge in [0.25, 0.3) is 5.41 Å². The summed E-state index contributed by atoms with van der Waals surface area (Å²) in [5, 5.41) is 37.3. The van der Waals surface area contributed by atoms with Gasteiger partial charge in [0.05, 0.1) is 5.92 Å². The van der Waals surface area contributed by atoms with Crippen LogP contribution in [-0.4, -0.2) is 90.6 Å². The van der Waals surface area contributed by atoms with Crippen LogP contribution in [0.25, 0.3) is 0 Å². The largest absolute Gasteiger partial charge is 0.480 e. The Kier molecular flexibility index (Phi) is 12.5. The van der Waals surface area contributed by atoms with Gasteiger partial charge in [-0.25, -0.2) is 0 Å². The van der Waals surface area contributed by atoms with Crippen LogP contribution in [0.2, 0.25) is 0 Å². The normalized spacial score (nSPS) is 28.4. The van der Waals surface area contributed by atoms with Gasteiger partial charge in [-0.15, -0.1) is 0 Å². The fraction of sp³-hybridized carbons (Fsp3) is 0.909. The Labute approximate surface area is 337 Å². The van der Waals surface area contributed by atoms with Crippen molar-refractivity contribution < 1.29 is 38.9 Å². The molecule has 4 rings (SSSR count). The second kappa shape index (κ2) is 15.1. The van der Waals surface area contributed by atoms with Crippen LogP contribution in [0, 0.1) is 29.1 Å². The van der Waals surface area contributed by atoms with E-state index in [1.807, 2.05) is 55.4 Å². The lowest BCUT2D eigenvalue weighted by molar-refractivity contribution is -0.200. The number of carbonyl (C=O) groups is 4. The van der Waals surface area contributed by atoms with Crippen molar-refractivity contribution in [2.45, 2.75) is 225 Å². The van der Waals surface area contributed by atoms with Gasteiger partial charge in [-0.3, -0.25) is 19.2 Å². The van der Waals surface area contributed by atoms with Crippen molar-refractivity contribution in [3.63, 3.8) is 0 Å². The average Bonchev–Trinajstić information content (AvgIpc) is 2.87. The summed E-state index contributed by atoms with van der Waals surface area (Å²) in [5.41, 5.74) is -6.53. The Morgan fingerprint density at radius 2 is 0.821 bits per heavy atom. The van der Waals surface area contributed by atoms with E-state index >= 15 is 4.79 Å². The Morgan fingerprint density at radius 1 is 0.518 bits per heavy atom. The lowest BCUT2D eigenvalue weighted by Crippen LogP contribution is -2.64. The van der Waals surface area contributed by atoms with Crippen molar-refractivity contribution in [1.29, 1.82) is 0 Å². The number of aliphatic carboxylic acids is 2. The number of rotatable bonds is 11. The van der Waals surface area contributed by atoms with E-state index in [1.165, 1.54) is 0 Å². The average molecular weight is 791 g/mol. The van der Waals surface area contributed by atoms with E-state index in [9.17, 15) is 24.6 Å². The molecule has 4 saturated heterocycles. The summed E-state index contributed by atoms with van der Waals surface area (Å²) in [6.07, 6.45) is 2.98.